The maximum absolute atomic E-state index is 12.1. The molecule has 28 heavy (non-hydrogen) atoms. The van der Waals surface area contributed by atoms with Gasteiger partial charge < -0.3 is 10.1 Å². The van der Waals surface area contributed by atoms with Crippen LogP contribution in [0.15, 0.2) is 59.5 Å². The predicted molar refractivity (Wildman–Crippen MR) is 113 cm³/mol. The highest BCUT2D eigenvalue weighted by Gasteiger charge is 2.09. The quantitative estimate of drug-likeness (QED) is 0.290. The van der Waals surface area contributed by atoms with E-state index < -0.39 is 5.97 Å². The van der Waals surface area contributed by atoms with Crippen LogP contribution >= 0.6 is 11.8 Å². The van der Waals surface area contributed by atoms with Crippen LogP contribution in [0.4, 0.5) is 5.69 Å². The van der Waals surface area contributed by atoms with Gasteiger partial charge in [0.15, 0.2) is 12.4 Å². The van der Waals surface area contributed by atoms with Gasteiger partial charge in [-0.2, -0.15) is 0 Å². The van der Waals surface area contributed by atoms with Gasteiger partial charge in [0.25, 0.3) is 0 Å². The highest BCUT2D eigenvalue weighted by Crippen LogP contribution is 2.15. The maximum atomic E-state index is 12.1. The molecule has 2 aromatic carbocycles. The summed E-state index contributed by atoms with van der Waals surface area (Å²) >= 11 is 1.64. The first-order valence-electron chi connectivity index (χ1n) is 8.94. The number of esters is 1. The Hall–Kier alpha value is -2.86. The first kappa shape index (κ1) is 21.4. The van der Waals surface area contributed by atoms with Crippen molar-refractivity contribution in [1.82, 2.24) is 0 Å². The molecule has 1 N–H and O–H groups in total. The molecule has 0 spiro atoms. The van der Waals surface area contributed by atoms with Crippen molar-refractivity contribution < 1.29 is 19.1 Å². The van der Waals surface area contributed by atoms with E-state index in [9.17, 15) is 14.4 Å². The Labute approximate surface area is 169 Å². The molecule has 5 nitrogen and oxygen atoms in total. The van der Waals surface area contributed by atoms with Crippen LogP contribution in [0.5, 0.6) is 0 Å². The number of carbonyl (C=O) groups is 3. The van der Waals surface area contributed by atoms with Gasteiger partial charge in [0, 0.05) is 28.6 Å². The number of anilines is 1. The standard InChI is InChI=1S/C22H23NO4S/c1-3-4-21(25)23-18-10-8-17(9-11-18)20(24)15-27-22(26)14-7-16-5-12-19(28-2)13-6-16/h5-14H,3-4,15H2,1-2H3,(H,23,25)/b14-7+. The van der Waals surface area contributed by atoms with Gasteiger partial charge in [-0.3, -0.25) is 9.59 Å². The minimum Gasteiger partial charge on any atom is -0.454 e. The molecule has 0 aliphatic carbocycles. The molecule has 2 rings (SSSR count). The van der Waals surface area contributed by atoms with Crippen LogP contribution in [0.2, 0.25) is 0 Å². The number of rotatable bonds is 9. The molecule has 2 aromatic rings. The number of carbonyl (C=O) groups excluding carboxylic acids is 3. The SMILES string of the molecule is CCCC(=O)Nc1ccc(C(=O)COC(=O)/C=C/c2ccc(SC)cc2)cc1. The van der Waals surface area contributed by atoms with Crippen LogP contribution in [-0.4, -0.2) is 30.5 Å². The zero-order chi connectivity index (χ0) is 20.4. The Bertz CT molecular complexity index is 842. The van der Waals surface area contributed by atoms with Gasteiger partial charge in [-0.15, -0.1) is 11.8 Å². The van der Waals surface area contributed by atoms with Gasteiger partial charge in [0.05, 0.1) is 0 Å². The van der Waals surface area contributed by atoms with Crippen molar-refractivity contribution in [2.24, 2.45) is 0 Å². The summed E-state index contributed by atoms with van der Waals surface area (Å²) in [4.78, 5) is 36.6. The maximum Gasteiger partial charge on any atom is 0.331 e. The van der Waals surface area contributed by atoms with Crippen molar-refractivity contribution in [3.05, 3.63) is 65.7 Å². The largest absolute Gasteiger partial charge is 0.454 e. The Morgan fingerprint density at radius 3 is 2.32 bits per heavy atom. The molecule has 0 atom stereocenters. The number of amides is 1. The van der Waals surface area contributed by atoms with Crippen LogP contribution in [0.1, 0.15) is 35.7 Å². The van der Waals surface area contributed by atoms with Gasteiger partial charge in [-0.05, 0) is 60.7 Å². The zero-order valence-corrected chi connectivity index (χ0v) is 16.8. The summed E-state index contributed by atoms with van der Waals surface area (Å²) in [6.45, 7) is 1.59. The summed E-state index contributed by atoms with van der Waals surface area (Å²) < 4.78 is 5.00. The van der Waals surface area contributed by atoms with Gasteiger partial charge in [0.2, 0.25) is 5.91 Å². The van der Waals surface area contributed by atoms with Gasteiger partial charge in [-0.25, -0.2) is 4.79 Å². The molecule has 0 aromatic heterocycles. The molecule has 1 amide bonds. The number of benzene rings is 2. The van der Waals surface area contributed by atoms with Crippen molar-refractivity contribution in [3.63, 3.8) is 0 Å². The zero-order valence-electron chi connectivity index (χ0n) is 15.9. The monoisotopic (exact) mass is 397 g/mol. The fourth-order valence-electron chi connectivity index (χ4n) is 2.34. The average molecular weight is 397 g/mol. The Balaban J connectivity index is 1.82. The molecule has 0 bridgehead atoms. The summed E-state index contributed by atoms with van der Waals surface area (Å²) in [5.41, 5.74) is 1.92. The van der Waals surface area contributed by atoms with E-state index in [0.717, 1.165) is 16.9 Å². The number of hydrogen-bond acceptors (Lipinski definition) is 5. The number of hydrogen-bond donors (Lipinski definition) is 1. The molecule has 0 radical (unpaired) electrons. The molecule has 0 aliphatic heterocycles. The molecule has 0 unspecified atom stereocenters. The van der Waals surface area contributed by atoms with Crippen LogP contribution in [0.25, 0.3) is 6.08 Å². The minimum absolute atomic E-state index is 0.0645. The average Bonchev–Trinajstić information content (AvgIpc) is 2.71. The van der Waals surface area contributed by atoms with E-state index in [1.807, 2.05) is 37.4 Å². The fourth-order valence-corrected chi connectivity index (χ4v) is 2.75. The lowest BCUT2D eigenvalue weighted by Crippen LogP contribution is -2.13. The summed E-state index contributed by atoms with van der Waals surface area (Å²) in [7, 11) is 0. The van der Waals surface area contributed by atoms with Crippen LogP contribution in [0.3, 0.4) is 0 Å². The van der Waals surface area contributed by atoms with E-state index in [4.69, 9.17) is 4.74 Å². The fraction of sp³-hybridized carbons (Fsp3) is 0.227. The van der Waals surface area contributed by atoms with Crippen LogP contribution < -0.4 is 5.32 Å². The normalized spacial score (nSPS) is 10.6. The molecule has 146 valence electrons. The number of Topliss-reactive ketones (excluding diaryl/α,β-unsaturated/α-hetero) is 1. The first-order chi connectivity index (χ1) is 13.5. The Kier molecular flexibility index (Phi) is 8.49. The van der Waals surface area contributed by atoms with Crippen molar-refractivity contribution in [1.29, 1.82) is 0 Å². The second-order valence-electron chi connectivity index (χ2n) is 6.01. The summed E-state index contributed by atoms with van der Waals surface area (Å²) in [6.07, 6.45) is 6.16. The van der Waals surface area contributed by atoms with Crippen molar-refractivity contribution in [2.45, 2.75) is 24.7 Å². The minimum atomic E-state index is -0.578. The molecule has 0 saturated carbocycles. The van der Waals surface area contributed by atoms with E-state index in [1.165, 1.54) is 6.08 Å². The van der Waals surface area contributed by atoms with E-state index in [0.29, 0.717) is 17.7 Å². The number of ether oxygens (including phenoxy) is 1. The number of ketones is 1. The van der Waals surface area contributed by atoms with Crippen molar-refractivity contribution in [2.75, 3.05) is 18.2 Å². The van der Waals surface area contributed by atoms with Gasteiger partial charge in [-0.1, -0.05) is 19.1 Å². The van der Waals surface area contributed by atoms with Gasteiger partial charge in [0.1, 0.15) is 0 Å². The number of thioether (sulfide) groups is 1. The van der Waals surface area contributed by atoms with Crippen LogP contribution in [0, 0.1) is 0 Å². The van der Waals surface area contributed by atoms with E-state index in [2.05, 4.69) is 5.32 Å². The summed E-state index contributed by atoms with van der Waals surface area (Å²) in [5.74, 6) is -0.950. The topological polar surface area (TPSA) is 72.5 Å². The Morgan fingerprint density at radius 1 is 1.04 bits per heavy atom. The smallest absolute Gasteiger partial charge is 0.331 e. The molecular formula is C22H23NO4S. The third kappa shape index (κ3) is 7.04. The third-order valence-electron chi connectivity index (χ3n) is 3.84. The van der Waals surface area contributed by atoms with Crippen molar-refractivity contribution in [3.8, 4) is 0 Å². The molecule has 0 heterocycles. The van der Waals surface area contributed by atoms with E-state index in [1.54, 1.807) is 42.1 Å². The molecular weight excluding hydrogens is 374 g/mol. The molecule has 0 saturated heterocycles. The van der Waals surface area contributed by atoms with E-state index in [-0.39, 0.29) is 18.3 Å². The van der Waals surface area contributed by atoms with Gasteiger partial charge >= 0.3 is 5.97 Å². The molecule has 6 heteroatoms. The highest BCUT2D eigenvalue weighted by molar-refractivity contribution is 7.98. The number of nitrogens with one attached hydrogen (secondary N) is 1. The lowest BCUT2D eigenvalue weighted by Gasteiger charge is -2.06. The molecule has 0 fully saturated rings. The first-order valence-corrected chi connectivity index (χ1v) is 10.2. The van der Waals surface area contributed by atoms with Crippen molar-refractivity contribution >= 4 is 41.2 Å². The summed E-state index contributed by atoms with van der Waals surface area (Å²) in [5, 5.41) is 2.75. The molecule has 0 aliphatic rings. The van der Waals surface area contributed by atoms with E-state index >= 15 is 0 Å². The second kappa shape index (κ2) is 11.1. The lowest BCUT2D eigenvalue weighted by atomic mass is 10.1. The highest BCUT2D eigenvalue weighted by atomic mass is 32.2. The second-order valence-corrected chi connectivity index (χ2v) is 6.89. The summed E-state index contributed by atoms with van der Waals surface area (Å²) in [6, 6.07) is 14.2. The van der Waals surface area contributed by atoms with Crippen LogP contribution in [-0.2, 0) is 14.3 Å². The third-order valence-corrected chi connectivity index (χ3v) is 4.58. The predicted octanol–water partition coefficient (Wildman–Crippen LogP) is 4.59. The lowest BCUT2D eigenvalue weighted by molar-refractivity contribution is -0.136. The Morgan fingerprint density at radius 2 is 1.71 bits per heavy atom.